The molecule has 2 N–H and O–H groups in total. The number of amides is 2. The summed E-state index contributed by atoms with van der Waals surface area (Å²) in [6.07, 6.45) is -0.551. The molecule has 0 unspecified atom stereocenters. The van der Waals surface area contributed by atoms with Crippen LogP contribution in [0.3, 0.4) is 0 Å². The Morgan fingerprint density at radius 1 is 1.11 bits per heavy atom. The molecule has 0 atom stereocenters. The van der Waals surface area contributed by atoms with Gasteiger partial charge in [0.1, 0.15) is 5.60 Å². The standard InChI is InChI=1S/C14H20N2O3/c1-9-6-7-11(15-10(2)17)12(8-9)16-13(18)19-14(3,4)5/h6-8H,1-5H3,(H,15,17)(H,16,18). The zero-order valence-corrected chi connectivity index (χ0v) is 12.0. The zero-order chi connectivity index (χ0) is 14.6. The first kappa shape index (κ1) is 15.0. The number of carbonyl (C=O) groups is 2. The van der Waals surface area contributed by atoms with E-state index in [0.717, 1.165) is 5.56 Å². The van der Waals surface area contributed by atoms with Crippen molar-refractivity contribution in [1.82, 2.24) is 0 Å². The zero-order valence-electron chi connectivity index (χ0n) is 12.0. The molecular formula is C14H20N2O3. The maximum absolute atomic E-state index is 11.7. The van der Waals surface area contributed by atoms with Crippen LogP contribution < -0.4 is 10.6 Å². The van der Waals surface area contributed by atoms with E-state index >= 15 is 0 Å². The molecule has 1 aromatic carbocycles. The molecular weight excluding hydrogens is 244 g/mol. The van der Waals surface area contributed by atoms with Crippen LogP contribution in [0, 0.1) is 6.92 Å². The van der Waals surface area contributed by atoms with Crippen molar-refractivity contribution in [3.05, 3.63) is 23.8 Å². The lowest BCUT2D eigenvalue weighted by Crippen LogP contribution is -2.27. The topological polar surface area (TPSA) is 67.4 Å². The fourth-order valence-electron chi connectivity index (χ4n) is 1.47. The van der Waals surface area contributed by atoms with Crippen molar-refractivity contribution in [2.24, 2.45) is 0 Å². The number of hydrogen-bond acceptors (Lipinski definition) is 3. The van der Waals surface area contributed by atoms with Gasteiger partial charge in [-0.1, -0.05) is 6.07 Å². The van der Waals surface area contributed by atoms with Gasteiger partial charge in [0.25, 0.3) is 0 Å². The number of hydrogen-bond donors (Lipinski definition) is 2. The van der Waals surface area contributed by atoms with E-state index < -0.39 is 11.7 Å². The molecule has 19 heavy (non-hydrogen) atoms. The highest BCUT2D eigenvalue weighted by atomic mass is 16.6. The minimum Gasteiger partial charge on any atom is -0.444 e. The third-order valence-corrected chi connectivity index (χ3v) is 2.12. The van der Waals surface area contributed by atoms with Crippen LogP contribution in [0.1, 0.15) is 33.3 Å². The smallest absolute Gasteiger partial charge is 0.412 e. The van der Waals surface area contributed by atoms with Gasteiger partial charge in [-0.2, -0.15) is 0 Å². The molecule has 0 saturated heterocycles. The maximum Gasteiger partial charge on any atom is 0.412 e. The molecule has 0 spiro atoms. The molecule has 104 valence electrons. The monoisotopic (exact) mass is 264 g/mol. The van der Waals surface area contributed by atoms with E-state index in [-0.39, 0.29) is 5.91 Å². The van der Waals surface area contributed by atoms with E-state index in [1.807, 2.05) is 13.0 Å². The Kier molecular flexibility index (Phi) is 4.53. The minimum atomic E-state index is -0.567. The second kappa shape index (κ2) is 5.73. The number of carbonyl (C=O) groups excluding carboxylic acids is 2. The largest absolute Gasteiger partial charge is 0.444 e. The normalized spacial score (nSPS) is 10.8. The first-order chi connectivity index (χ1) is 8.67. The van der Waals surface area contributed by atoms with E-state index in [1.165, 1.54) is 6.92 Å². The van der Waals surface area contributed by atoms with Crippen molar-refractivity contribution in [2.45, 2.75) is 40.2 Å². The summed E-state index contributed by atoms with van der Waals surface area (Å²) in [5.74, 6) is -0.198. The fourth-order valence-corrected chi connectivity index (χ4v) is 1.47. The molecule has 1 aromatic rings. The molecule has 1 rings (SSSR count). The molecule has 0 aromatic heterocycles. The summed E-state index contributed by atoms with van der Waals surface area (Å²) in [5, 5.41) is 5.30. The Hall–Kier alpha value is -2.04. The van der Waals surface area contributed by atoms with Crippen LogP contribution in [0.15, 0.2) is 18.2 Å². The molecule has 5 heteroatoms. The molecule has 0 bridgehead atoms. The average molecular weight is 264 g/mol. The highest BCUT2D eigenvalue weighted by Crippen LogP contribution is 2.23. The number of nitrogens with one attached hydrogen (secondary N) is 2. The van der Waals surface area contributed by atoms with Gasteiger partial charge >= 0.3 is 6.09 Å². The van der Waals surface area contributed by atoms with Crippen molar-refractivity contribution in [2.75, 3.05) is 10.6 Å². The quantitative estimate of drug-likeness (QED) is 0.861. The summed E-state index contributed by atoms with van der Waals surface area (Å²) in [6, 6.07) is 5.37. The van der Waals surface area contributed by atoms with Crippen LogP contribution in [-0.2, 0) is 9.53 Å². The third kappa shape index (κ3) is 5.42. The van der Waals surface area contributed by atoms with Gasteiger partial charge in [0.2, 0.25) is 5.91 Å². The minimum absolute atomic E-state index is 0.198. The lowest BCUT2D eigenvalue weighted by Gasteiger charge is -2.20. The molecule has 0 aliphatic heterocycles. The van der Waals surface area contributed by atoms with Crippen LogP contribution in [0.2, 0.25) is 0 Å². The maximum atomic E-state index is 11.7. The molecule has 0 fully saturated rings. The van der Waals surface area contributed by atoms with E-state index in [2.05, 4.69) is 10.6 Å². The number of anilines is 2. The first-order valence-corrected chi connectivity index (χ1v) is 6.05. The van der Waals surface area contributed by atoms with E-state index in [1.54, 1.807) is 32.9 Å². The Labute approximate surface area is 113 Å². The lowest BCUT2D eigenvalue weighted by molar-refractivity contribution is -0.114. The number of benzene rings is 1. The van der Waals surface area contributed by atoms with Gasteiger partial charge in [-0.3, -0.25) is 10.1 Å². The van der Waals surface area contributed by atoms with Crippen LogP contribution in [0.4, 0.5) is 16.2 Å². The van der Waals surface area contributed by atoms with Gasteiger partial charge < -0.3 is 10.1 Å². The van der Waals surface area contributed by atoms with E-state index in [4.69, 9.17) is 4.74 Å². The van der Waals surface area contributed by atoms with Crippen molar-refractivity contribution in [3.8, 4) is 0 Å². The van der Waals surface area contributed by atoms with Crippen molar-refractivity contribution in [1.29, 1.82) is 0 Å². The van der Waals surface area contributed by atoms with Gasteiger partial charge in [0, 0.05) is 6.92 Å². The Bertz CT molecular complexity index is 490. The second-order valence-electron chi connectivity index (χ2n) is 5.36. The molecule has 5 nitrogen and oxygen atoms in total. The summed E-state index contributed by atoms with van der Waals surface area (Å²) >= 11 is 0. The van der Waals surface area contributed by atoms with Crippen LogP contribution in [0.5, 0.6) is 0 Å². The summed E-state index contributed by atoms with van der Waals surface area (Å²) < 4.78 is 5.18. The Balaban J connectivity index is 2.89. The van der Waals surface area contributed by atoms with Gasteiger partial charge in [0.05, 0.1) is 11.4 Å². The average Bonchev–Trinajstić information content (AvgIpc) is 2.18. The lowest BCUT2D eigenvalue weighted by atomic mass is 10.2. The highest BCUT2D eigenvalue weighted by molar-refractivity contribution is 5.97. The summed E-state index contributed by atoms with van der Waals surface area (Å²) in [6.45, 7) is 8.68. The summed E-state index contributed by atoms with van der Waals surface area (Å²) in [5.41, 5.74) is 1.47. The van der Waals surface area contributed by atoms with Crippen molar-refractivity contribution >= 4 is 23.4 Å². The molecule has 0 aliphatic carbocycles. The molecule has 0 aliphatic rings. The Morgan fingerprint density at radius 3 is 2.26 bits per heavy atom. The third-order valence-electron chi connectivity index (χ3n) is 2.12. The highest BCUT2D eigenvalue weighted by Gasteiger charge is 2.17. The molecule has 2 amide bonds. The van der Waals surface area contributed by atoms with E-state index in [0.29, 0.717) is 11.4 Å². The molecule has 0 heterocycles. The predicted octanol–water partition coefficient (Wildman–Crippen LogP) is 3.30. The number of ether oxygens (including phenoxy) is 1. The van der Waals surface area contributed by atoms with Crippen molar-refractivity contribution < 1.29 is 14.3 Å². The van der Waals surface area contributed by atoms with Crippen LogP contribution in [-0.4, -0.2) is 17.6 Å². The number of rotatable bonds is 2. The summed E-state index contributed by atoms with van der Waals surface area (Å²) in [7, 11) is 0. The number of aryl methyl sites for hydroxylation is 1. The van der Waals surface area contributed by atoms with Gasteiger partial charge in [-0.15, -0.1) is 0 Å². The predicted molar refractivity (Wildman–Crippen MR) is 75.3 cm³/mol. The van der Waals surface area contributed by atoms with Crippen molar-refractivity contribution in [3.63, 3.8) is 0 Å². The van der Waals surface area contributed by atoms with Gasteiger partial charge in [-0.05, 0) is 45.4 Å². The van der Waals surface area contributed by atoms with Gasteiger partial charge in [0.15, 0.2) is 0 Å². The SMILES string of the molecule is CC(=O)Nc1ccc(C)cc1NC(=O)OC(C)(C)C. The van der Waals surface area contributed by atoms with Crippen LogP contribution in [0.25, 0.3) is 0 Å². The first-order valence-electron chi connectivity index (χ1n) is 6.05. The summed E-state index contributed by atoms with van der Waals surface area (Å²) in [4.78, 5) is 22.8. The Morgan fingerprint density at radius 2 is 1.74 bits per heavy atom. The second-order valence-corrected chi connectivity index (χ2v) is 5.36. The fraction of sp³-hybridized carbons (Fsp3) is 0.429. The van der Waals surface area contributed by atoms with Crippen LogP contribution >= 0.6 is 0 Å². The van der Waals surface area contributed by atoms with Gasteiger partial charge in [-0.25, -0.2) is 4.79 Å². The molecule has 0 saturated carbocycles. The molecule has 0 radical (unpaired) electrons. The van der Waals surface area contributed by atoms with E-state index in [9.17, 15) is 9.59 Å².